The minimum absolute atomic E-state index is 0.247. The molecule has 0 saturated heterocycles. The van der Waals surface area contributed by atoms with Gasteiger partial charge in [0.1, 0.15) is 5.76 Å². The first-order valence-electron chi connectivity index (χ1n) is 4.19. The van der Waals surface area contributed by atoms with Crippen molar-refractivity contribution >= 4 is 0 Å². The largest absolute Gasteiger partial charge is 0.469 e. The average Bonchev–Trinajstić information content (AvgIpc) is 2.46. The van der Waals surface area contributed by atoms with Gasteiger partial charge in [0.2, 0.25) is 0 Å². The first kappa shape index (κ1) is 9.29. The zero-order valence-electron chi connectivity index (χ0n) is 7.34. The summed E-state index contributed by atoms with van der Waals surface area (Å²) < 4.78 is 5.13. The summed E-state index contributed by atoms with van der Waals surface area (Å²) in [6, 6.07) is 1.96. The number of hydrogen-bond acceptors (Lipinski definition) is 3. The highest BCUT2D eigenvalue weighted by atomic mass is 16.3. The third-order valence-corrected chi connectivity index (χ3v) is 1.79. The molecule has 3 heteroatoms. The predicted molar refractivity (Wildman–Crippen MR) is 46.9 cm³/mol. The lowest BCUT2D eigenvalue weighted by atomic mass is 10.2. The van der Waals surface area contributed by atoms with Gasteiger partial charge < -0.3 is 14.8 Å². The topological polar surface area (TPSA) is 45.4 Å². The van der Waals surface area contributed by atoms with Gasteiger partial charge in [0, 0.05) is 18.7 Å². The van der Waals surface area contributed by atoms with Crippen molar-refractivity contribution in [3.05, 3.63) is 23.7 Å². The van der Waals surface area contributed by atoms with Crippen molar-refractivity contribution in [3.8, 4) is 0 Å². The van der Waals surface area contributed by atoms with Crippen molar-refractivity contribution in [2.24, 2.45) is 0 Å². The summed E-state index contributed by atoms with van der Waals surface area (Å²) in [6.45, 7) is 3.86. The third kappa shape index (κ3) is 2.68. The summed E-state index contributed by atoms with van der Waals surface area (Å²) in [5, 5.41) is 11.7. The summed E-state index contributed by atoms with van der Waals surface area (Å²) in [5.41, 5.74) is 1.19. The molecular formula is C9H15NO2. The molecule has 0 spiro atoms. The van der Waals surface area contributed by atoms with Gasteiger partial charge in [-0.1, -0.05) is 0 Å². The zero-order chi connectivity index (χ0) is 8.81. The van der Waals surface area contributed by atoms with E-state index in [0.29, 0.717) is 0 Å². The van der Waals surface area contributed by atoms with E-state index in [9.17, 15) is 0 Å². The maximum atomic E-state index is 8.52. The van der Waals surface area contributed by atoms with Crippen LogP contribution in [0.3, 0.4) is 0 Å². The summed E-state index contributed by atoms with van der Waals surface area (Å²) in [4.78, 5) is 0. The van der Waals surface area contributed by atoms with E-state index in [-0.39, 0.29) is 6.61 Å². The molecule has 1 rings (SSSR count). The number of aliphatic hydroxyl groups excluding tert-OH is 1. The fourth-order valence-electron chi connectivity index (χ4n) is 1.02. The number of nitrogens with one attached hydrogen (secondary N) is 1. The van der Waals surface area contributed by atoms with Gasteiger partial charge in [-0.25, -0.2) is 0 Å². The molecule has 0 atom stereocenters. The average molecular weight is 169 g/mol. The lowest BCUT2D eigenvalue weighted by molar-refractivity contribution is 0.286. The minimum Gasteiger partial charge on any atom is -0.469 e. The molecule has 0 unspecified atom stereocenters. The molecule has 0 aliphatic carbocycles. The number of rotatable bonds is 5. The van der Waals surface area contributed by atoms with Gasteiger partial charge in [0.25, 0.3) is 0 Å². The van der Waals surface area contributed by atoms with Gasteiger partial charge in [0.05, 0.1) is 6.26 Å². The Morgan fingerprint density at radius 1 is 1.58 bits per heavy atom. The molecule has 12 heavy (non-hydrogen) atoms. The highest BCUT2D eigenvalue weighted by Crippen LogP contribution is 2.07. The predicted octanol–water partition coefficient (Wildman–Crippen LogP) is 1.06. The molecule has 0 aliphatic heterocycles. The van der Waals surface area contributed by atoms with Gasteiger partial charge in [0.15, 0.2) is 0 Å². The van der Waals surface area contributed by atoms with Crippen molar-refractivity contribution in [1.82, 2.24) is 5.32 Å². The molecule has 0 fully saturated rings. The second-order valence-electron chi connectivity index (χ2n) is 2.76. The molecule has 1 heterocycles. The molecule has 2 N–H and O–H groups in total. The molecular weight excluding hydrogens is 154 g/mol. The van der Waals surface area contributed by atoms with Crippen LogP contribution in [0.4, 0.5) is 0 Å². The van der Waals surface area contributed by atoms with Gasteiger partial charge >= 0.3 is 0 Å². The Kier molecular flexibility index (Phi) is 3.84. The lowest BCUT2D eigenvalue weighted by Crippen LogP contribution is -2.15. The van der Waals surface area contributed by atoms with Crippen molar-refractivity contribution in [3.63, 3.8) is 0 Å². The maximum Gasteiger partial charge on any atom is 0.105 e. The summed E-state index contributed by atoms with van der Waals surface area (Å²) >= 11 is 0. The molecule has 3 nitrogen and oxygen atoms in total. The molecule has 0 aromatic carbocycles. The smallest absolute Gasteiger partial charge is 0.105 e. The molecule has 0 saturated carbocycles. The van der Waals surface area contributed by atoms with Crippen molar-refractivity contribution in [2.45, 2.75) is 19.9 Å². The van der Waals surface area contributed by atoms with Crippen LogP contribution in [-0.2, 0) is 6.54 Å². The van der Waals surface area contributed by atoms with Crippen LogP contribution < -0.4 is 5.32 Å². The van der Waals surface area contributed by atoms with Gasteiger partial charge in [-0.05, 0) is 26.0 Å². The molecule has 0 radical (unpaired) electrons. The minimum atomic E-state index is 0.247. The third-order valence-electron chi connectivity index (χ3n) is 1.79. The second kappa shape index (κ2) is 4.95. The van der Waals surface area contributed by atoms with Crippen molar-refractivity contribution in [2.75, 3.05) is 13.2 Å². The van der Waals surface area contributed by atoms with Crippen LogP contribution in [0.25, 0.3) is 0 Å². The number of aliphatic hydroxyl groups is 1. The standard InChI is InChI=1S/C9H15NO2/c1-8-9(3-6-12-8)7-10-4-2-5-11/h3,6,10-11H,2,4-5,7H2,1H3. The van der Waals surface area contributed by atoms with Crippen LogP contribution >= 0.6 is 0 Å². The maximum absolute atomic E-state index is 8.52. The van der Waals surface area contributed by atoms with E-state index in [4.69, 9.17) is 9.52 Å². The normalized spacial score (nSPS) is 10.5. The number of aryl methyl sites for hydroxylation is 1. The van der Waals surface area contributed by atoms with E-state index >= 15 is 0 Å². The SMILES string of the molecule is Cc1occc1CNCCCO. The van der Waals surface area contributed by atoms with Crippen LogP contribution in [0.5, 0.6) is 0 Å². The highest BCUT2D eigenvalue weighted by Gasteiger charge is 1.98. The van der Waals surface area contributed by atoms with Gasteiger partial charge in [-0.15, -0.1) is 0 Å². The van der Waals surface area contributed by atoms with E-state index in [1.165, 1.54) is 5.56 Å². The summed E-state index contributed by atoms with van der Waals surface area (Å²) in [6.07, 6.45) is 2.50. The lowest BCUT2D eigenvalue weighted by Gasteiger charge is -2.01. The molecule has 0 aliphatic rings. The summed E-state index contributed by atoms with van der Waals surface area (Å²) in [5.74, 6) is 0.964. The molecule has 1 aromatic rings. The Labute approximate surface area is 72.4 Å². The Morgan fingerprint density at radius 2 is 2.42 bits per heavy atom. The van der Waals surface area contributed by atoms with Crippen LogP contribution in [0.1, 0.15) is 17.7 Å². The quantitative estimate of drug-likeness (QED) is 0.648. The first-order chi connectivity index (χ1) is 5.84. The van der Waals surface area contributed by atoms with Crippen LogP contribution in [0.15, 0.2) is 16.7 Å². The Balaban J connectivity index is 2.20. The number of hydrogen-bond donors (Lipinski definition) is 2. The van der Waals surface area contributed by atoms with E-state index in [0.717, 1.165) is 25.3 Å². The second-order valence-corrected chi connectivity index (χ2v) is 2.76. The molecule has 68 valence electrons. The highest BCUT2D eigenvalue weighted by molar-refractivity contribution is 5.14. The summed E-state index contributed by atoms with van der Waals surface area (Å²) in [7, 11) is 0. The Hall–Kier alpha value is -0.800. The van der Waals surface area contributed by atoms with Gasteiger partial charge in [-0.3, -0.25) is 0 Å². The van der Waals surface area contributed by atoms with E-state index in [1.54, 1.807) is 6.26 Å². The van der Waals surface area contributed by atoms with Gasteiger partial charge in [-0.2, -0.15) is 0 Å². The van der Waals surface area contributed by atoms with Crippen LogP contribution in [0, 0.1) is 6.92 Å². The van der Waals surface area contributed by atoms with E-state index in [2.05, 4.69) is 5.32 Å². The first-order valence-corrected chi connectivity index (χ1v) is 4.19. The monoisotopic (exact) mass is 169 g/mol. The molecule has 1 aromatic heterocycles. The fraction of sp³-hybridized carbons (Fsp3) is 0.556. The van der Waals surface area contributed by atoms with Crippen molar-refractivity contribution in [1.29, 1.82) is 0 Å². The Morgan fingerprint density at radius 3 is 3.00 bits per heavy atom. The zero-order valence-corrected chi connectivity index (χ0v) is 7.34. The molecule has 0 amide bonds. The van der Waals surface area contributed by atoms with Crippen LogP contribution in [0.2, 0.25) is 0 Å². The van der Waals surface area contributed by atoms with Crippen LogP contribution in [-0.4, -0.2) is 18.3 Å². The fourth-order valence-corrected chi connectivity index (χ4v) is 1.02. The Bertz CT molecular complexity index is 220. The van der Waals surface area contributed by atoms with E-state index in [1.807, 2.05) is 13.0 Å². The molecule has 0 bridgehead atoms. The van der Waals surface area contributed by atoms with E-state index < -0.39 is 0 Å². The van der Waals surface area contributed by atoms with Crippen molar-refractivity contribution < 1.29 is 9.52 Å². The number of furan rings is 1.